The van der Waals surface area contributed by atoms with Crippen LogP contribution in [0.2, 0.25) is 0 Å². The van der Waals surface area contributed by atoms with Gasteiger partial charge in [0.15, 0.2) is 0 Å². The van der Waals surface area contributed by atoms with Gasteiger partial charge in [-0.15, -0.1) is 0 Å². The van der Waals surface area contributed by atoms with Crippen molar-refractivity contribution in [2.45, 2.75) is 6.54 Å². The van der Waals surface area contributed by atoms with Gasteiger partial charge in [0.1, 0.15) is 12.0 Å². The Balaban J connectivity index is 1.94. The molecule has 0 saturated heterocycles. The first-order chi connectivity index (χ1) is 8.84. The average molecular weight is 240 g/mol. The van der Waals surface area contributed by atoms with Crippen molar-refractivity contribution in [3.8, 4) is 0 Å². The van der Waals surface area contributed by atoms with Crippen LogP contribution in [0.1, 0.15) is 5.69 Å². The van der Waals surface area contributed by atoms with E-state index in [-0.39, 0.29) is 0 Å². The van der Waals surface area contributed by atoms with Gasteiger partial charge in [0.25, 0.3) is 0 Å². The number of rotatable bonds is 3. The summed E-state index contributed by atoms with van der Waals surface area (Å²) < 4.78 is 4.79. The summed E-state index contributed by atoms with van der Waals surface area (Å²) in [4.78, 5) is 4.13. The van der Waals surface area contributed by atoms with Gasteiger partial charge >= 0.3 is 0 Å². The molecule has 2 aromatic heterocycles. The molecule has 18 heavy (non-hydrogen) atoms. The molecule has 3 rings (SSSR count). The minimum atomic E-state index is 0.602. The first-order valence-electron chi connectivity index (χ1n) is 5.60. The average Bonchev–Trinajstić information content (AvgIpc) is 2.92. The van der Waals surface area contributed by atoms with Gasteiger partial charge in [-0.25, -0.2) is 0 Å². The van der Waals surface area contributed by atoms with E-state index in [0.29, 0.717) is 6.54 Å². The van der Waals surface area contributed by atoms with E-state index in [4.69, 9.17) is 10.3 Å². The Kier molecular flexibility index (Phi) is 2.57. The predicted molar refractivity (Wildman–Crippen MR) is 70.0 cm³/mol. The minimum Gasteiger partial charge on any atom is -0.398 e. The molecular formula is C13H12N4O. The molecule has 3 N–H and O–H groups in total. The van der Waals surface area contributed by atoms with Crippen LogP contribution in [0.15, 0.2) is 47.4 Å². The van der Waals surface area contributed by atoms with E-state index < -0.39 is 0 Å². The van der Waals surface area contributed by atoms with E-state index in [9.17, 15) is 0 Å². The van der Waals surface area contributed by atoms with Crippen LogP contribution in [0.5, 0.6) is 0 Å². The van der Waals surface area contributed by atoms with Crippen LogP contribution in [-0.2, 0) is 6.54 Å². The number of nitrogens with one attached hydrogen (secondary N) is 1. The minimum absolute atomic E-state index is 0.602. The van der Waals surface area contributed by atoms with E-state index >= 15 is 0 Å². The highest BCUT2D eigenvalue weighted by Gasteiger charge is 2.04. The van der Waals surface area contributed by atoms with Crippen molar-refractivity contribution < 1.29 is 4.52 Å². The quantitative estimate of drug-likeness (QED) is 0.687. The van der Waals surface area contributed by atoms with Crippen molar-refractivity contribution in [3.63, 3.8) is 0 Å². The molecule has 5 nitrogen and oxygen atoms in total. The van der Waals surface area contributed by atoms with Gasteiger partial charge < -0.3 is 15.6 Å². The summed E-state index contributed by atoms with van der Waals surface area (Å²) in [6.07, 6.45) is 5.09. The Hall–Kier alpha value is -2.56. The van der Waals surface area contributed by atoms with E-state index in [2.05, 4.69) is 15.5 Å². The van der Waals surface area contributed by atoms with Crippen LogP contribution < -0.4 is 11.1 Å². The zero-order chi connectivity index (χ0) is 12.4. The van der Waals surface area contributed by atoms with Crippen LogP contribution in [0.25, 0.3) is 10.8 Å². The molecule has 0 radical (unpaired) electrons. The van der Waals surface area contributed by atoms with Crippen molar-refractivity contribution in [2.75, 3.05) is 11.1 Å². The van der Waals surface area contributed by atoms with Gasteiger partial charge in [-0.1, -0.05) is 5.16 Å². The highest BCUT2D eigenvalue weighted by atomic mass is 16.5. The van der Waals surface area contributed by atoms with Crippen LogP contribution in [0.4, 0.5) is 11.4 Å². The highest BCUT2D eigenvalue weighted by Crippen LogP contribution is 2.27. The fraction of sp³-hybridized carbons (Fsp3) is 0.0769. The van der Waals surface area contributed by atoms with Crippen LogP contribution in [-0.4, -0.2) is 10.1 Å². The summed E-state index contributed by atoms with van der Waals surface area (Å²) in [5.74, 6) is 0. The molecular weight excluding hydrogens is 228 g/mol. The lowest BCUT2D eigenvalue weighted by atomic mass is 10.1. The topological polar surface area (TPSA) is 77.0 Å². The van der Waals surface area contributed by atoms with Gasteiger partial charge in [0, 0.05) is 40.6 Å². The van der Waals surface area contributed by atoms with Crippen molar-refractivity contribution in [3.05, 3.63) is 48.6 Å². The Morgan fingerprint density at radius 3 is 2.94 bits per heavy atom. The molecule has 3 aromatic rings. The molecule has 2 heterocycles. The number of benzene rings is 1. The fourth-order valence-electron chi connectivity index (χ4n) is 1.88. The summed E-state index contributed by atoms with van der Waals surface area (Å²) in [7, 11) is 0. The maximum Gasteiger partial charge on any atom is 0.124 e. The van der Waals surface area contributed by atoms with Crippen molar-refractivity contribution >= 4 is 22.1 Å². The standard InChI is InChI=1S/C13H12N4O/c14-12-1-2-13(11-8-15-5-3-10(11)12)16-7-9-4-6-18-17-9/h1-6,8,16H,7,14H2. The zero-order valence-corrected chi connectivity index (χ0v) is 9.63. The lowest BCUT2D eigenvalue weighted by molar-refractivity contribution is 0.412. The molecule has 0 aliphatic carbocycles. The number of nitrogen functional groups attached to an aromatic ring is 1. The normalized spacial score (nSPS) is 10.7. The van der Waals surface area contributed by atoms with Gasteiger partial charge in [-0.2, -0.15) is 0 Å². The van der Waals surface area contributed by atoms with E-state index in [0.717, 1.165) is 27.8 Å². The van der Waals surface area contributed by atoms with E-state index in [1.54, 1.807) is 18.7 Å². The fourth-order valence-corrected chi connectivity index (χ4v) is 1.88. The molecule has 0 amide bonds. The number of aromatic nitrogens is 2. The Morgan fingerprint density at radius 1 is 1.17 bits per heavy atom. The molecule has 0 aliphatic heterocycles. The third kappa shape index (κ3) is 1.86. The first kappa shape index (κ1) is 10.6. The summed E-state index contributed by atoms with van der Waals surface area (Å²) >= 11 is 0. The Morgan fingerprint density at radius 2 is 2.11 bits per heavy atom. The van der Waals surface area contributed by atoms with Gasteiger partial charge in [-0.05, 0) is 18.2 Å². The smallest absolute Gasteiger partial charge is 0.124 e. The molecule has 5 heteroatoms. The van der Waals surface area contributed by atoms with Crippen LogP contribution in [0, 0.1) is 0 Å². The monoisotopic (exact) mass is 240 g/mol. The lowest BCUT2D eigenvalue weighted by Gasteiger charge is -2.09. The highest BCUT2D eigenvalue weighted by molar-refractivity contribution is 6.00. The number of nitrogens with two attached hydrogens (primary N) is 1. The second-order valence-electron chi connectivity index (χ2n) is 3.97. The molecule has 1 aromatic carbocycles. The Bertz CT molecular complexity index is 664. The molecule has 0 unspecified atom stereocenters. The number of hydrogen-bond acceptors (Lipinski definition) is 5. The molecule has 90 valence electrons. The zero-order valence-electron chi connectivity index (χ0n) is 9.63. The largest absolute Gasteiger partial charge is 0.398 e. The predicted octanol–water partition coefficient (Wildman–Crippen LogP) is 2.42. The van der Waals surface area contributed by atoms with E-state index in [1.807, 2.05) is 24.3 Å². The second-order valence-corrected chi connectivity index (χ2v) is 3.97. The summed E-state index contributed by atoms with van der Waals surface area (Å²) in [6, 6.07) is 7.56. The first-order valence-corrected chi connectivity index (χ1v) is 5.60. The second kappa shape index (κ2) is 4.37. The number of nitrogens with zero attached hydrogens (tertiary/aromatic N) is 2. The molecule has 0 bridgehead atoms. The van der Waals surface area contributed by atoms with Crippen LogP contribution in [0.3, 0.4) is 0 Å². The van der Waals surface area contributed by atoms with E-state index in [1.165, 1.54) is 0 Å². The third-order valence-electron chi connectivity index (χ3n) is 2.80. The molecule has 0 saturated carbocycles. The maximum absolute atomic E-state index is 5.93. The number of hydrogen-bond donors (Lipinski definition) is 2. The number of fused-ring (bicyclic) bond motifs is 1. The van der Waals surface area contributed by atoms with Crippen molar-refractivity contribution in [2.24, 2.45) is 0 Å². The summed E-state index contributed by atoms with van der Waals surface area (Å²) in [6.45, 7) is 0.602. The summed E-state index contributed by atoms with van der Waals surface area (Å²) in [5, 5.41) is 9.15. The number of anilines is 2. The Labute approximate surface area is 104 Å². The summed E-state index contributed by atoms with van der Waals surface area (Å²) in [5.41, 5.74) is 8.51. The molecule has 0 fully saturated rings. The SMILES string of the molecule is Nc1ccc(NCc2ccon2)c2cnccc12. The lowest BCUT2D eigenvalue weighted by Crippen LogP contribution is -2.01. The van der Waals surface area contributed by atoms with Gasteiger partial charge in [-0.3, -0.25) is 4.98 Å². The van der Waals surface area contributed by atoms with Crippen LogP contribution >= 0.6 is 0 Å². The molecule has 0 spiro atoms. The van der Waals surface area contributed by atoms with Crippen molar-refractivity contribution in [1.82, 2.24) is 10.1 Å². The third-order valence-corrected chi connectivity index (χ3v) is 2.80. The number of pyridine rings is 1. The maximum atomic E-state index is 5.93. The molecule has 0 aliphatic rings. The van der Waals surface area contributed by atoms with Crippen molar-refractivity contribution in [1.29, 1.82) is 0 Å². The molecule has 0 atom stereocenters. The van der Waals surface area contributed by atoms with Gasteiger partial charge in [0.2, 0.25) is 0 Å². The van der Waals surface area contributed by atoms with Gasteiger partial charge in [0.05, 0.1) is 6.54 Å².